The molecule has 0 aliphatic rings. The lowest BCUT2D eigenvalue weighted by atomic mass is 10.1. The van der Waals surface area contributed by atoms with Crippen molar-refractivity contribution < 1.29 is 0 Å². The standard InChI is InChI=1S/C13H26N4S/c1-10(2)12-11(9-14-3)18-13(15-12)17(6)8-7-16(4)5/h10,14H,7-9H2,1-6H3. The van der Waals surface area contributed by atoms with Gasteiger partial charge in [0.15, 0.2) is 5.13 Å². The molecule has 0 spiro atoms. The summed E-state index contributed by atoms with van der Waals surface area (Å²) in [6.45, 7) is 7.38. The van der Waals surface area contributed by atoms with E-state index < -0.39 is 0 Å². The molecule has 0 amide bonds. The van der Waals surface area contributed by atoms with Gasteiger partial charge in [0.25, 0.3) is 0 Å². The van der Waals surface area contributed by atoms with Crippen LogP contribution in [-0.4, -0.2) is 51.2 Å². The van der Waals surface area contributed by atoms with Crippen LogP contribution in [0.5, 0.6) is 0 Å². The van der Waals surface area contributed by atoms with Gasteiger partial charge in [-0.25, -0.2) is 4.98 Å². The topological polar surface area (TPSA) is 31.4 Å². The zero-order valence-corrected chi connectivity index (χ0v) is 13.3. The van der Waals surface area contributed by atoms with Gasteiger partial charge in [0.2, 0.25) is 0 Å². The van der Waals surface area contributed by atoms with E-state index in [2.05, 4.69) is 50.1 Å². The molecular formula is C13H26N4S. The van der Waals surface area contributed by atoms with E-state index in [1.165, 1.54) is 10.6 Å². The van der Waals surface area contributed by atoms with Crippen molar-refractivity contribution in [3.8, 4) is 0 Å². The highest BCUT2D eigenvalue weighted by Gasteiger charge is 2.15. The van der Waals surface area contributed by atoms with Crippen LogP contribution in [0.1, 0.15) is 30.3 Å². The normalized spacial score (nSPS) is 11.6. The molecule has 1 aromatic rings. The molecule has 0 aliphatic heterocycles. The second-order valence-corrected chi connectivity index (χ2v) is 6.28. The summed E-state index contributed by atoms with van der Waals surface area (Å²) in [5.41, 5.74) is 1.24. The van der Waals surface area contributed by atoms with Gasteiger partial charge < -0.3 is 15.1 Å². The highest BCUT2D eigenvalue weighted by Crippen LogP contribution is 2.30. The summed E-state index contributed by atoms with van der Waals surface area (Å²) in [5.74, 6) is 0.487. The molecule has 0 aromatic carbocycles. The van der Waals surface area contributed by atoms with Gasteiger partial charge in [-0.3, -0.25) is 0 Å². The monoisotopic (exact) mass is 270 g/mol. The number of anilines is 1. The van der Waals surface area contributed by atoms with E-state index in [4.69, 9.17) is 4.98 Å². The first-order chi connectivity index (χ1) is 8.45. The van der Waals surface area contributed by atoms with Gasteiger partial charge in [0, 0.05) is 31.6 Å². The summed E-state index contributed by atoms with van der Waals surface area (Å²) in [5, 5.41) is 4.36. The van der Waals surface area contributed by atoms with Crippen LogP contribution in [0.4, 0.5) is 5.13 Å². The minimum atomic E-state index is 0.487. The highest BCUT2D eigenvalue weighted by atomic mass is 32.1. The number of rotatable bonds is 7. The van der Waals surface area contributed by atoms with Crippen LogP contribution in [0.25, 0.3) is 0 Å². The van der Waals surface area contributed by atoms with Gasteiger partial charge in [0.05, 0.1) is 5.69 Å². The summed E-state index contributed by atoms with van der Waals surface area (Å²) < 4.78 is 0. The maximum Gasteiger partial charge on any atom is 0.185 e. The predicted octanol–water partition coefficient (Wildman–Crippen LogP) is 1.98. The van der Waals surface area contributed by atoms with Crippen LogP contribution >= 0.6 is 11.3 Å². The van der Waals surface area contributed by atoms with Crippen molar-refractivity contribution in [2.45, 2.75) is 26.3 Å². The number of hydrogen-bond donors (Lipinski definition) is 1. The van der Waals surface area contributed by atoms with Gasteiger partial charge in [-0.15, -0.1) is 11.3 Å². The predicted molar refractivity (Wildman–Crippen MR) is 80.8 cm³/mol. The van der Waals surface area contributed by atoms with Crippen molar-refractivity contribution in [1.82, 2.24) is 15.2 Å². The second kappa shape index (κ2) is 7.07. The summed E-state index contributed by atoms with van der Waals surface area (Å²) in [6, 6.07) is 0. The van der Waals surface area contributed by atoms with Crippen molar-refractivity contribution >= 4 is 16.5 Å². The first-order valence-electron chi connectivity index (χ1n) is 6.45. The Balaban J connectivity index is 2.79. The quantitative estimate of drug-likeness (QED) is 0.821. The third kappa shape index (κ3) is 4.23. The molecule has 1 N–H and O–H groups in total. The lowest BCUT2D eigenvalue weighted by Crippen LogP contribution is -2.28. The number of nitrogens with zero attached hydrogens (tertiary/aromatic N) is 3. The van der Waals surface area contributed by atoms with E-state index in [0.717, 1.165) is 24.8 Å². The lowest BCUT2D eigenvalue weighted by molar-refractivity contribution is 0.416. The molecule has 104 valence electrons. The van der Waals surface area contributed by atoms with E-state index in [1.54, 1.807) is 11.3 Å². The molecule has 0 radical (unpaired) electrons. The fourth-order valence-corrected chi connectivity index (χ4v) is 2.91. The average Bonchev–Trinajstić information content (AvgIpc) is 2.70. The van der Waals surface area contributed by atoms with Crippen LogP contribution in [0.3, 0.4) is 0 Å². The van der Waals surface area contributed by atoms with Crippen molar-refractivity contribution in [3.05, 3.63) is 10.6 Å². The van der Waals surface area contributed by atoms with E-state index in [-0.39, 0.29) is 0 Å². The molecule has 4 nitrogen and oxygen atoms in total. The summed E-state index contributed by atoms with van der Waals surface area (Å²) in [4.78, 5) is 10.6. The fraction of sp³-hybridized carbons (Fsp3) is 0.769. The zero-order chi connectivity index (χ0) is 13.7. The van der Waals surface area contributed by atoms with Gasteiger partial charge in [0.1, 0.15) is 0 Å². The maximum atomic E-state index is 4.79. The van der Waals surface area contributed by atoms with Crippen LogP contribution in [0.2, 0.25) is 0 Å². The number of nitrogens with one attached hydrogen (secondary N) is 1. The molecule has 0 saturated carbocycles. The summed E-state index contributed by atoms with van der Waals surface area (Å²) >= 11 is 1.81. The second-order valence-electron chi connectivity index (χ2n) is 5.21. The molecule has 1 rings (SSSR count). The van der Waals surface area contributed by atoms with Gasteiger partial charge in [-0.2, -0.15) is 0 Å². The van der Waals surface area contributed by atoms with Crippen molar-refractivity contribution in [1.29, 1.82) is 0 Å². The number of aromatic nitrogens is 1. The van der Waals surface area contributed by atoms with Crippen LogP contribution in [0, 0.1) is 0 Å². The third-order valence-electron chi connectivity index (χ3n) is 2.81. The number of thiazole rings is 1. The van der Waals surface area contributed by atoms with E-state index in [0.29, 0.717) is 5.92 Å². The smallest absolute Gasteiger partial charge is 0.185 e. The Morgan fingerprint density at radius 2 is 1.89 bits per heavy atom. The SMILES string of the molecule is CNCc1sc(N(C)CCN(C)C)nc1C(C)C. The Morgan fingerprint density at radius 3 is 2.39 bits per heavy atom. The van der Waals surface area contributed by atoms with Gasteiger partial charge in [-0.05, 0) is 27.1 Å². The van der Waals surface area contributed by atoms with E-state index in [1.807, 2.05) is 7.05 Å². The fourth-order valence-electron chi connectivity index (χ4n) is 1.70. The Bertz CT molecular complexity index is 360. The molecule has 0 fully saturated rings. The molecule has 5 heteroatoms. The molecule has 0 aliphatic carbocycles. The minimum Gasteiger partial charge on any atom is -0.350 e. The molecule has 0 unspecified atom stereocenters. The molecule has 1 aromatic heterocycles. The first kappa shape index (κ1) is 15.4. The largest absolute Gasteiger partial charge is 0.350 e. The van der Waals surface area contributed by atoms with E-state index >= 15 is 0 Å². The maximum absolute atomic E-state index is 4.79. The van der Waals surface area contributed by atoms with Crippen LogP contribution in [0.15, 0.2) is 0 Å². The molecule has 0 bridgehead atoms. The van der Waals surface area contributed by atoms with Crippen LogP contribution in [-0.2, 0) is 6.54 Å². The van der Waals surface area contributed by atoms with Crippen LogP contribution < -0.4 is 10.2 Å². The molecule has 1 heterocycles. The Morgan fingerprint density at radius 1 is 1.22 bits per heavy atom. The summed E-state index contributed by atoms with van der Waals surface area (Å²) in [7, 11) is 8.30. The highest BCUT2D eigenvalue weighted by molar-refractivity contribution is 7.15. The van der Waals surface area contributed by atoms with Gasteiger partial charge in [-0.1, -0.05) is 13.8 Å². The molecule has 0 saturated heterocycles. The Labute approximate surface area is 115 Å². The average molecular weight is 270 g/mol. The van der Waals surface area contributed by atoms with Crippen molar-refractivity contribution in [3.63, 3.8) is 0 Å². The molecule has 18 heavy (non-hydrogen) atoms. The molecular weight excluding hydrogens is 244 g/mol. The Hall–Kier alpha value is -0.650. The number of likely N-dealkylation sites (N-methyl/N-ethyl adjacent to an activating group) is 2. The lowest BCUT2D eigenvalue weighted by Gasteiger charge is -2.18. The molecule has 0 atom stereocenters. The van der Waals surface area contributed by atoms with Gasteiger partial charge >= 0.3 is 0 Å². The zero-order valence-electron chi connectivity index (χ0n) is 12.4. The van der Waals surface area contributed by atoms with Crippen molar-refractivity contribution in [2.24, 2.45) is 0 Å². The number of hydrogen-bond acceptors (Lipinski definition) is 5. The van der Waals surface area contributed by atoms with Crippen molar-refractivity contribution in [2.75, 3.05) is 46.2 Å². The third-order valence-corrected chi connectivity index (χ3v) is 4.00. The minimum absolute atomic E-state index is 0.487. The van der Waals surface area contributed by atoms with E-state index in [9.17, 15) is 0 Å². The summed E-state index contributed by atoms with van der Waals surface area (Å²) in [6.07, 6.45) is 0. The Kier molecular flexibility index (Phi) is 6.05. The first-order valence-corrected chi connectivity index (χ1v) is 7.27.